The Morgan fingerprint density at radius 1 is 1.50 bits per heavy atom. The van der Waals surface area contributed by atoms with E-state index in [1.165, 1.54) is 17.8 Å². The van der Waals surface area contributed by atoms with E-state index in [-0.39, 0.29) is 12.2 Å². The zero-order chi connectivity index (χ0) is 11.8. The van der Waals surface area contributed by atoms with E-state index >= 15 is 0 Å². The first-order valence-electron chi connectivity index (χ1n) is 4.75. The Labute approximate surface area is 97.5 Å². The minimum atomic E-state index is -0.980. The maximum atomic E-state index is 10.8. The average Bonchev–Trinajstić information content (AvgIpc) is 2.29. The second kappa shape index (κ2) is 7.21. The molecule has 0 fully saturated rings. The Bertz CT molecular complexity index is 345. The highest BCUT2D eigenvalue weighted by Gasteiger charge is 2.10. The van der Waals surface area contributed by atoms with E-state index in [1.54, 1.807) is 12.3 Å². The third kappa shape index (κ3) is 4.18. The fourth-order valence-corrected chi connectivity index (χ4v) is 1.87. The molecule has 2 N–H and O–H groups in total. The molecule has 16 heavy (non-hydrogen) atoms. The van der Waals surface area contributed by atoms with Crippen LogP contribution in [0, 0.1) is 0 Å². The molecule has 0 saturated carbocycles. The van der Waals surface area contributed by atoms with Gasteiger partial charge in [0.05, 0.1) is 25.4 Å². The summed E-state index contributed by atoms with van der Waals surface area (Å²) in [4.78, 5) is 14.8. The Balaban J connectivity index is 2.44. The third-order valence-electron chi connectivity index (χ3n) is 1.70. The van der Waals surface area contributed by atoms with Crippen LogP contribution in [0.4, 0.5) is 0 Å². The molecule has 6 heteroatoms. The molecule has 0 aliphatic heterocycles. The fraction of sp³-hybridized carbons (Fsp3) is 0.400. The molecule has 1 aromatic rings. The summed E-state index contributed by atoms with van der Waals surface area (Å²) in [5.41, 5.74) is 0.203. The molecule has 1 rings (SSSR count). The van der Waals surface area contributed by atoms with Crippen LogP contribution in [0.25, 0.3) is 0 Å². The van der Waals surface area contributed by atoms with Gasteiger partial charge in [-0.25, -0.2) is 9.78 Å². The van der Waals surface area contributed by atoms with Crippen LogP contribution in [-0.4, -0.2) is 46.7 Å². The second-order valence-corrected chi connectivity index (χ2v) is 3.93. The van der Waals surface area contributed by atoms with Crippen LogP contribution in [0.5, 0.6) is 0 Å². The van der Waals surface area contributed by atoms with Crippen LogP contribution >= 0.6 is 11.8 Å². The number of pyridine rings is 1. The molecule has 88 valence electrons. The highest BCUT2D eigenvalue weighted by Crippen LogP contribution is 2.19. The third-order valence-corrected chi connectivity index (χ3v) is 2.67. The topological polar surface area (TPSA) is 79.7 Å². The van der Waals surface area contributed by atoms with Crippen LogP contribution in [0.15, 0.2) is 23.4 Å². The molecule has 0 aromatic carbocycles. The van der Waals surface area contributed by atoms with E-state index in [9.17, 15) is 4.79 Å². The first kappa shape index (κ1) is 13.0. The van der Waals surface area contributed by atoms with Gasteiger partial charge < -0.3 is 14.9 Å². The molecule has 0 aliphatic carbocycles. The van der Waals surface area contributed by atoms with E-state index in [0.717, 1.165) is 0 Å². The number of carbonyl (C=O) groups is 1. The van der Waals surface area contributed by atoms with E-state index in [4.69, 9.17) is 14.9 Å². The van der Waals surface area contributed by atoms with Gasteiger partial charge in [0.25, 0.3) is 0 Å². The summed E-state index contributed by atoms with van der Waals surface area (Å²) in [5, 5.41) is 17.9. The Morgan fingerprint density at radius 3 is 3.00 bits per heavy atom. The Hall–Kier alpha value is -1.11. The summed E-state index contributed by atoms with van der Waals surface area (Å²) >= 11 is 1.33. The van der Waals surface area contributed by atoms with Crippen LogP contribution in [0.2, 0.25) is 0 Å². The quantitative estimate of drug-likeness (QED) is 0.546. The molecular formula is C10H13NO4S. The van der Waals surface area contributed by atoms with Gasteiger partial charge in [-0.1, -0.05) is 0 Å². The van der Waals surface area contributed by atoms with Crippen molar-refractivity contribution in [3.05, 3.63) is 23.9 Å². The number of rotatable bonds is 7. The summed E-state index contributed by atoms with van der Waals surface area (Å²) in [6.45, 7) is 0.754. The monoisotopic (exact) mass is 243 g/mol. The van der Waals surface area contributed by atoms with Crippen molar-refractivity contribution in [3.63, 3.8) is 0 Å². The van der Waals surface area contributed by atoms with Gasteiger partial charge in [0.2, 0.25) is 0 Å². The first-order valence-corrected chi connectivity index (χ1v) is 5.74. The summed E-state index contributed by atoms with van der Waals surface area (Å²) in [6.07, 6.45) is 1.56. The molecule has 0 spiro atoms. The largest absolute Gasteiger partial charge is 0.478 e. The van der Waals surface area contributed by atoms with Gasteiger partial charge in [-0.2, -0.15) is 0 Å². The molecule has 1 heterocycles. The van der Waals surface area contributed by atoms with E-state index < -0.39 is 5.97 Å². The van der Waals surface area contributed by atoms with Crippen molar-refractivity contribution >= 4 is 17.7 Å². The number of hydrogen-bond acceptors (Lipinski definition) is 5. The zero-order valence-corrected chi connectivity index (χ0v) is 9.44. The zero-order valence-electron chi connectivity index (χ0n) is 8.63. The standard InChI is InChI=1S/C10H13NO4S/c12-4-5-15-6-7-16-9-8(10(13)14)2-1-3-11-9/h1-3,12H,4-7H2,(H,13,14). The maximum absolute atomic E-state index is 10.8. The number of aromatic nitrogens is 1. The minimum Gasteiger partial charge on any atom is -0.478 e. The van der Waals surface area contributed by atoms with Gasteiger partial charge in [0, 0.05) is 11.9 Å². The smallest absolute Gasteiger partial charge is 0.338 e. The molecule has 0 amide bonds. The number of carboxylic acid groups (broad SMARTS) is 1. The minimum absolute atomic E-state index is 0.00533. The van der Waals surface area contributed by atoms with E-state index in [1.807, 2.05) is 0 Å². The number of ether oxygens (including phenoxy) is 1. The van der Waals surface area contributed by atoms with Crippen molar-refractivity contribution in [2.24, 2.45) is 0 Å². The number of aliphatic hydroxyl groups excluding tert-OH is 1. The number of aliphatic hydroxyl groups is 1. The molecule has 1 aromatic heterocycles. The van der Waals surface area contributed by atoms with Crippen LogP contribution in [0.3, 0.4) is 0 Å². The number of nitrogens with zero attached hydrogens (tertiary/aromatic N) is 1. The maximum Gasteiger partial charge on any atom is 0.338 e. The van der Waals surface area contributed by atoms with Crippen LogP contribution in [0.1, 0.15) is 10.4 Å². The number of thioether (sulfide) groups is 1. The molecule has 0 atom stereocenters. The summed E-state index contributed by atoms with van der Waals surface area (Å²) in [7, 11) is 0. The van der Waals surface area contributed by atoms with Gasteiger partial charge in [-0.3, -0.25) is 0 Å². The van der Waals surface area contributed by atoms with E-state index in [2.05, 4.69) is 4.98 Å². The van der Waals surface area contributed by atoms with Gasteiger partial charge in [-0.05, 0) is 12.1 Å². The summed E-state index contributed by atoms with van der Waals surface area (Å²) < 4.78 is 5.06. The van der Waals surface area contributed by atoms with Gasteiger partial charge in [0.1, 0.15) is 5.03 Å². The van der Waals surface area contributed by atoms with Crippen LogP contribution in [-0.2, 0) is 4.74 Å². The van der Waals surface area contributed by atoms with Crippen molar-refractivity contribution in [2.75, 3.05) is 25.6 Å². The Morgan fingerprint density at radius 2 is 2.31 bits per heavy atom. The predicted octanol–water partition coefficient (Wildman–Crippen LogP) is 0.881. The van der Waals surface area contributed by atoms with E-state index in [0.29, 0.717) is 24.0 Å². The molecule has 0 saturated heterocycles. The predicted molar refractivity (Wildman–Crippen MR) is 59.8 cm³/mol. The average molecular weight is 243 g/mol. The van der Waals surface area contributed by atoms with Crippen LogP contribution < -0.4 is 0 Å². The van der Waals surface area contributed by atoms with Crippen molar-refractivity contribution in [1.82, 2.24) is 4.98 Å². The van der Waals surface area contributed by atoms with Crippen molar-refractivity contribution in [1.29, 1.82) is 0 Å². The lowest BCUT2D eigenvalue weighted by Crippen LogP contribution is -2.04. The lowest BCUT2D eigenvalue weighted by Gasteiger charge is -2.04. The molecule has 0 radical (unpaired) electrons. The van der Waals surface area contributed by atoms with Crippen molar-refractivity contribution < 1.29 is 19.7 Å². The molecule has 5 nitrogen and oxygen atoms in total. The lowest BCUT2D eigenvalue weighted by atomic mass is 10.3. The lowest BCUT2D eigenvalue weighted by molar-refractivity contribution is 0.0692. The molecule has 0 aliphatic rings. The highest BCUT2D eigenvalue weighted by atomic mass is 32.2. The Kier molecular flexibility index (Phi) is 5.84. The van der Waals surface area contributed by atoms with Crippen molar-refractivity contribution in [2.45, 2.75) is 5.03 Å². The fourth-order valence-electron chi connectivity index (χ4n) is 1.03. The first-order chi connectivity index (χ1) is 7.75. The van der Waals surface area contributed by atoms with Gasteiger partial charge >= 0.3 is 5.97 Å². The van der Waals surface area contributed by atoms with Gasteiger partial charge in [0.15, 0.2) is 0 Å². The normalized spacial score (nSPS) is 10.3. The number of hydrogen-bond donors (Lipinski definition) is 2. The summed E-state index contributed by atoms with van der Waals surface area (Å²) in [5.74, 6) is -0.371. The highest BCUT2D eigenvalue weighted by molar-refractivity contribution is 7.99. The summed E-state index contributed by atoms with van der Waals surface area (Å²) in [6, 6.07) is 3.11. The number of carboxylic acids is 1. The second-order valence-electron chi connectivity index (χ2n) is 2.85. The number of aromatic carboxylic acids is 1. The molecule has 0 bridgehead atoms. The SMILES string of the molecule is O=C(O)c1cccnc1SCCOCCO. The van der Waals surface area contributed by atoms with Crippen molar-refractivity contribution in [3.8, 4) is 0 Å². The molecular weight excluding hydrogens is 230 g/mol. The van der Waals surface area contributed by atoms with Gasteiger partial charge in [-0.15, -0.1) is 11.8 Å². The molecule has 0 unspecified atom stereocenters.